The van der Waals surface area contributed by atoms with Gasteiger partial charge in [0.1, 0.15) is 5.82 Å². The average Bonchev–Trinajstić information content (AvgIpc) is 2.40. The van der Waals surface area contributed by atoms with E-state index in [1.54, 1.807) is 13.0 Å². The molecule has 1 fully saturated rings. The first-order valence-electron chi connectivity index (χ1n) is 5.91. The van der Waals surface area contributed by atoms with Gasteiger partial charge in [0.15, 0.2) is 5.69 Å². The van der Waals surface area contributed by atoms with Gasteiger partial charge in [0.2, 0.25) is 0 Å². The first-order valence-corrected chi connectivity index (χ1v) is 5.91. The molecule has 1 aromatic rings. The molecule has 0 bridgehead atoms. The van der Waals surface area contributed by atoms with Crippen molar-refractivity contribution >= 4 is 11.8 Å². The smallest absolute Gasteiger partial charge is 0.356 e. The van der Waals surface area contributed by atoms with E-state index in [0.29, 0.717) is 12.3 Å². The number of pyridine rings is 1. The Balaban J connectivity index is 2.12. The molecule has 0 saturated carbocycles. The number of ether oxygens (including phenoxy) is 1. The van der Waals surface area contributed by atoms with Gasteiger partial charge in [-0.25, -0.2) is 9.78 Å². The van der Waals surface area contributed by atoms with Crippen LogP contribution in [0.2, 0.25) is 0 Å². The van der Waals surface area contributed by atoms with Crippen LogP contribution in [0.1, 0.15) is 17.4 Å². The van der Waals surface area contributed by atoms with Crippen molar-refractivity contribution in [1.82, 2.24) is 10.3 Å². The molecule has 0 spiro atoms. The molecule has 92 valence electrons. The lowest BCUT2D eigenvalue weighted by Gasteiger charge is -2.28. The SMILES string of the molecule is CCOC(=O)c1cccc(N2CCNCC2)n1. The first-order chi connectivity index (χ1) is 8.31. The molecule has 2 rings (SSSR count). The van der Waals surface area contributed by atoms with Gasteiger partial charge in [0, 0.05) is 26.2 Å². The Bertz CT molecular complexity index is 389. The molecular weight excluding hydrogens is 218 g/mol. The maximum atomic E-state index is 11.6. The maximum Gasteiger partial charge on any atom is 0.356 e. The Hall–Kier alpha value is -1.62. The first kappa shape index (κ1) is 11.9. The van der Waals surface area contributed by atoms with Crippen LogP contribution < -0.4 is 10.2 Å². The lowest BCUT2D eigenvalue weighted by Crippen LogP contribution is -2.44. The van der Waals surface area contributed by atoms with Gasteiger partial charge >= 0.3 is 5.97 Å². The summed E-state index contributed by atoms with van der Waals surface area (Å²) >= 11 is 0. The molecule has 0 aliphatic carbocycles. The summed E-state index contributed by atoms with van der Waals surface area (Å²) in [6.07, 6.45) is 0. The summed E-state index contributed by atoms with van der Waals surface area (Å²) in [4.78, 5) is 18.1. The van der Waals surface area contributed by atoms with Crippen LogP contribution in [0, 0.1) is 0 Å². The van der Waals surface area contributed by atoms with Gasteiger partial charge in [-0.05, 0) is 19.1 Å². The average molecular weight is 235 g/mol. The number of carbonyl (C=O) groups excluding carboxylic acids is 1. The van der Waals surface area contributed by atoms with E-state index in [2.05, 4.69) is 15.2 Å². The van der Waals surface area contributed by atoms with Gasteiger partial charge in [-0.15, -0.1) is 0 Å². The third kappa shape index (κ3) is 2.94. The predicted octanol–water partition coefficient (Wildman–Crippen LogP) is 0.668. The molecule has 1 aliphatic heterocycles. The zero-order valence-corrected chi connectivity index (χ0v) is 9.98. The molecule has 2 heterocycles. The van der Waals surface area contributed by atoms with Crippen molar-refractivity contribution in [1.29, 1.82) is 0 Å². The van der Waals surface area contributed by atoms with E-state index in [0.717, 1.165) is 32.0 Å². The van der Waals surface area contributed by atoms with Crippen LogP contribution in [0.5, 0.6) is 0 Å². The summed E-state index contributed by atoms with van der Waals surface area (Å²) in [6, 6.07) is 5.45. The van der Waals surface area contributed by atoms with Crippen LogP contribution in [-0.2, 0) is 4.74 Å². The fraction of sp³-hybridized carbons (Fsp3) is 0.500. The van der Waals surface area contributed by atoms with E-state index in [1.807, 2.05) is 12.1 Å². The van der Waals surface area contributed by atoms with Crippen molar-refractivity contribution in [2.75, 3.05) is 37.7 Å². The standard InChI is InChI=1S/C12H17N3O2/c1-2-17-12(16)10-4-3-5-11(14-10)15-8-6-13-7-9-15/h3-5,13H,2,6-9H2,1H3. The van der Waals surface area contributed by atoms with Crippen LogP contribution in [-0.4, -0.2) is 43.7 Å². The molecule has 5 heteroatoms. The molecule has 1 aromatic heterocycles. The number of hydrogen-bond acceptors (Lipinski definition) is 5. The Morgan fingerprint density at radius 1 is 1.47 bits per heavy atom. The van der Waals surface area contributed by atoms with Crippen molar-refractivity contribution in [3.05, 3.63) is 23.9 Å². The fourth-order valence-electron chi connectivity index (χ4n) is 1.81. The molecular formula is C12H17N3O2. The normalized spacial score (nSPS) is 15.7. The van der Waals surface area contributed by atoms with Crippen molar-refractivity contribution in [3.8, 4) is 0 Å². The third-order valence-electron chi connectivity index (χ3n) is 2.66. The second kappa shape index (κ2) is 5.63. The minimum Gasteiger partial charge on any atom is -0.461 e. The number of nitrogens with one attached hydrogen (secondary N) is 1. The highest BCUT2D eigenvalue weighted by Gasteiger charge is 2.14. The molecule has 1 saturated heterocycles. The molecule has 1 N–H and O–H groups in total. The molecule has 5 nitrogen and oxygen atoms in total. The zero-order valence-electron chi connectivity index (χ0n) is 9.98. The summed E-state index contributed by atoms with van der Waals surface area (Å²) in [5, 5.41) is 3.28. The fourth-order valence-corrected chi connectivity index (χ4v) is 1.81. The van der Waals surface area contributed by atoms with Crippen molar-refractivity contribution in [3.63, 3.8) is 0 Å². The van der Waals surface area contributed by atoms with E-state index in [4.69, 9.17) is 4.74 Å². The van der Waals surface area contributed by atoms with Crippen molar-refractivity contribution < 1.29 is 9.53 Å². The monoisotopic (exact) mass is 235 g/mol. The van der Waals surface area contributed by atoms with Crippen LogP contribution in [0.3, 0.4) is 0 Å². The second-order valence-corrected chi connectivity index (χ2v) is 3.84. The molecule has 0 amide bonds. The van der Waals surface area contributed by atoms with Crippen LogP contribution >= 0.6 is 0 Å². The number of piperazine rings is 1. The quantitative estimate of drug-likeness (QED) is 0.780. The van der Waals surface area contributed by atoms with Crippen molar-refractivity contribution in [2.24, 2.45) is 0 Å². The van der Waals surface area contributed by atoms with E-state index in [9.17, 15) is 4.79 Å². The highest BCUT2D eigenvalue weighted by molar-refractivity contribution is 5.87. The Kier molecular flexibility index (Phi) is 3.93. The van der Waals surface area contributed by atoms with Crippen LogP contribution in [0.4, 0.5) is 5.82 Å². The maximum absolute atomic E-state index is 11.6. The number of aromatic nitrogens is 1. The molecule has 0 atom stereocenters. The van der Waals surface area contributed by atoms with Gasteiger partial charge in [-0.2, -0.15) is 0 Å². The summed E-state index contributed by atoms with van der Waals surface area (Å²) in [5.74, 6) is 0.488. The molecule has 0 unspecified atom stereocenters. The second-order valence-electron chi connectivity index (χ2n) is 3.84. The highest BCUT2D eigenvalue weighted by Crippen LogP contribution is 2.12. The van der Waals surface area contributed by atoms with E-state index in [1.165, 1.54) is 0 Å². The number of rotatable bonds is 3. The van der Waals surface area contributed by atoms with Gasteiger partial charge in [0.05, 0.1) is 6.61 Å². The summed E-state index contributed by atoms with van der Waals surface area (Å²) in [7, 11) is 0. The Morgan fingerprint density at radius 3 is 2.94 bits per heavy atom. The van der Waals surface area contributed by atoms with Gasteiger partial charge in [-0.3, -0.25) is 0 Å². The largest absolute Gasteiger partial charge is 0.461 e. The minimum atomic E-state index is -0.357. The van der Waals surface area contributed by atoms with Crippen LogP contribution in [0.25, 0.3) is 0 Å². The third-order valence-corrected chi connectivity index (χ3v) is 2.66. The van der Waals surface area contributed by atoms with Crippen LogP contribution in [0.15, 0.2) is 18.2 Å². The Morgan fingerprint density at radius 2 is 2.24 bits per heavy atom. The molecule has 17 heavy (non-hydrogen) atoms. The number of hydrogen-bond donors (Lipinski definition) is 1. The lowest BCUT2D eigenvalue weighted by molar-refractivity contribution is 0.0519. The molecule has 0 radical (unpaired) electrons. The molecule has 1 aliphatic rings. The number of nitrogens with zero attached hydrogens (tertiary/aromatic N) is 2. The topological polar surface area (TPSA) is 54.5 Å². The van der Waals surface area contributed by atoms with E-state index >= 15 is 0 Å². The summed E-state index contributed by atoms with van der Waals surface area (Å²) in [6.45, 7) is 5.89. The number of carbonyl (C=O) groups is 1. The Labute approximate surface area is 101 Å². The minimum absolute atomic E-state index is 0.357. The summed E-state index contributed by atoms with van der Waals surface area (Å²) in [5.41, 5.74) is 0.378. The predicted molar refractivity (Wildman–Crippen MR) is 65.3 cm³/mol. The van der Waals surface area contributed by atoms with Crippen molar-refractivity contribution in [2.45, 2.75) is 6.92 Å². The van der Waals surface area contributed by atoms with Gasteiger partial charge < -0.3 is 15.0 Å². The van der Waals surface area contributed by atoms with E-state index < -0.39 is 0 Å². The number of anilines is 1. The van der Waals surface area contributed by atoms with E-state index in [-0.39, 0.29) is 5.97 Å². The zero-order chi connectivity index (χ0) is 12.1. The summed E-state index contributed by atoms with van der Waals surface area (Å²) < 4.78 is 4.94. The van der Waals surface area contributed by atoms with Gasteiger partial charge in [-0.1, -0.05) is 6.07 Å². The molecule has 0 aromatic carbocycles. The highest BCUT2D eigenvalue weighted by atomic mass is 16.5. The number of esters is 1. The lowest BCUT2D eigenvalue weighted by atomic mass is 10.3. The van der Waals surface area contributed by atoms with Gasteiger partial charge in [0.25, 0.3) is 0 Å².